The molecule has 0 saturated carbocycles. The van der Waals surface area contributed by atoms with Crippen LogP contribution in [0.4, 0.5) is 0 Å². The van der Waals surface area contributed by atoms with Gasteiger partial charge in [0.15, 0.2) is 0 Å². The van der Waals surface area contributed by atoms with Gasteiger partial charge in [0.05, 0.1) is 0 Å². The number of carboxylic acids is 2. The molecule has 0 aromatic heterocycles. The fraction of sp³-hybridized carbons (Fsp3) is 0.625. The van der Waals surface area contributed by atoms with Gasteiger partial charge in [-0.05, 0) is 5.92 Å². The predicted octanol–water partition coefficient (Wildman–Crippen LogP) is 0.387. The minimum atomic E-state index is -1.69. The van der Waals surface area contributed by atoms with Gasteiger partial charge in [0.25, 0.3) is 5.78 Å². The molecule has 0 fully saturated rings. The van der Waals surface area contributed by atoms with Gasteiger partial charge in [0, 0.05) is 0 Å². The average molecular weight is 188 g/mol. The summed E-state index contributed by atoms with van der Waals surface area (Å²) in [4.78, 5) is 31.7. The van der Waals surface area contributed by atoms with Crippen LogP contribution < -0.4 is 0 Å². The molecule has 2 N–H and O–H groups in total. The Bertz CT molecular complexity index is 233. The zero-order valence-electron chi connectivity index (χ0n) is 7.48. The second kappa shape index (κ2) is 4.59. The van der Waals surface area contributed by atoms with Crippen molar-refractivity contribution >= 4 is 17.7 Å². The van der Waals surface area contributed by atoms with Crippen molar-refractivity contribution in [1.82, 2.24) is 0 Å². The second-order valence-corrected chi connectivity index (χ2v) is 2.87. The van der Waals surface area contributed by atoms with Crippen molar-refractivity contribution in [2.24, 2.45) is 11.8 Å². The molecule has 0 aromatic carbocycles. The number of rotatable bonds is 5. The van der Waals surface area contributed by atoms with E-state index in [9.17, 15) is 14.4 Å². The van der Waals surface area contributed by atoms with Gasteiger partial charge < -0.3 is 10.2 Å². The summed E-state index contributed by atoms with van der Waals surface area (Å²) in [5.41, 5.74) is 0. The van der Waals surface area contributed by atoms with Crippen LogP contribution in [0, 0.1) is 11.8 Å². The van der Waals surface area contributed by atoms with Crippen molar-refractivity contribution in [2.45, 2.75) is 20.3 Å². The fourth-order valence-corrected chi connectivity index (χ4v) is 0.983. The van der Waals surface area contributed by atoms with Crippen LogP contribution in [0.2, 0.25) is 0 Å². The molecule has 0 spiro atoms. The number of ketones is 1. The Balaban J connectivity index is 4.71. The van der Waals surface area contributed by atoms with E-state index in [4.69, 9.17) is 10.2 Å². The van der Waals surface area contributed by atoms with Crippen LogP contribution in [0.1, 0.15) is 20.3 Å². The summed E-state index contributed by atoms with van der Waals surface area (Å²) in [6.07, 6.45) is 0.454. The Labute approximate surface area is 75.4 Å². The molecular formula is C8H12O5. The summed E-state index contributed by atoms with van der Waals surface area (Å²) in [6.45, 7) is 3.25. The quantitative estimate of drug-likeness (QED) is 0.481. The van der Waals surface area contributed by atoms with E-state index in [1.165, 1.54) is 0 Å². The van der Waals surface area contributed by atoms with E-state index < -0.39 is 29.6 Å². The Kier molecular flexibility index (Phi) is 4.10. The highest BCUT2D eigenvalue weighted by molar-refractivity contribution is 6.37. The highest BCUT2D eigenvalue weighted by Crippen LogP contribution is 2.16. The van der Waals surface area contributed by atoms with Gasteiger partial charge in [-0.2, -0.15) is 0 Å². The maximum absolute atomic E-state index is 10.9. The van der Waals surface area contributed by atoms with E-state index in [0.717, 1.165) is 0 Å². The molecule has 0 aliphatic heterocycles. The molecule has 5 heteroatoms. The number of Topliss-reactive ketones (excluding diaryl/α,β-unsaturated/α-hetero) is 1. The lowest BCUT2D eigenvalue weighted by atomic mass is 9.88. The molecule has 13 heavy (non-hydrogen) atoms. The minimum absolute atomic E-state index is 0.454. The zero-order chi connectivity index (χ0) is 10.6. The van der Waals surface area contributed by atoms with Crippen molar-refractivity contribution in [1.29, 1.82) is 0 Å². The molecule has 2 unspecified atom stereocenters. The van der Waals surface area contributed by atoms with Crippen molar-refractivity contribution in [3.05, 3.63) is 0 Å². The van der Waals surface area contributed by atoms with Crippen LogP contribution in [0.5, 0.6) is 0 Å². The van der Waals surface area contributed by atoms with E-state index >= 15 is 0 Å². The highest BCUT2D eigenvalue weighted by atomic mass is 16.4. The number of carbonyl (C=O) groups is 3. The molecule has 0 rings (SSSR count). The molecule has 0 radical (unpaired) electrons. The van der Waals surface area contributed by atoms with Crippen molar-refractivity contribution in [3.8, 4) is 0 Å². The van der Waals surface area contributed by atoms with Gasteiger partial charge in [-0.25, -0.2) is 4.79 Å². The number of carboxylic acid groups (broad SMARTS) is 2. The summed E-state index contributed by atoms with van der Waals surface area (Å²) in [6, 6.07) is 0. The molecule has 0 aromatic rings. The maximum atomic E-state index is 10.9. The average Bonchev–Trinajstić information content (AvgIpc) is 2.03. The van der Waals surface area contributed by atoms with Gasteiger partial charge in [0.1, 0.15) is 5.92 Å². The first-order valence-electron chi connectivity index (χ1n) is 3.91. The van der Waals surface area contributed by atoms with Gasteiger partial charge >= 0.3 is 11.9 Å². The number of aliphatic carboxylic acids is 2. The standard InChI is InChI=1S/C8H12O5/c1-3-4(2)5(7(10)11)6(9)8(12)13/h4-5H,3H2,1-2H3,(H,10,11)(H,12,13). The monoisotopic (exact) mass is 188 g/mol. The smallest absolute Gasteiger partial charge is 0.373 e. The van der Waals surface area contributed by atoms with Gasteiger partial charge in [-0.1, -0.05) is 20.3 Å². The summed E-state index contributed by atoms with van der Waals surface area (Å²) >= 11 is 0. The SMILES string of the molecule is CCC(C)C(C(=O)O)C(=O)C(=O)O. The Morgan fingerprint density at radius 2 is 1.69 bits per heavy atom. The maximum Gasteiger partial charge on any atom is 0.373 e. The van der Waals surface area contributed by atoms with Crippen LogP contribution in [0.3, 0.4) is 0 Å². The van der Waals surface area contributed by atoms with Crippen molar-refractivity contribution in [3.63, 3.8) is 0 Å². The zero-order valence-corrected chi connectivity index (χ0v) is 7.48. The van der Waals surface area contributed by atoms with Crippen LogP contribution >= 0.6 is 0 Å². The van der Waals surface area contributed by atoms with Gasteiger partial charge in [-0.15, -0.1) is 0 Å². The lowest BCUT2D eigenvalue weighted by Crippen LogP contribution is -2.34. The molecule has 0 aliphatic carbocycles. The van der Waals surface area contributed by atoms with E-state index in [0.29, 0.717) is 6.42 Å². The highest BCUT2D eigenvalue weighted by Gasteiger charge is 2.35. The molecular weight excluding hydrogens is 176 g/mol. The first-order valence-corrected chi connectivity index (χ1v) is 3.91. The Morgan fingerprint density at radius 3 is 1.92 bits per heavy atom. The lowest BCUT2D eigenvalue weighted by molar-refractivity contribution is -0.158. The summed E-state index contributed by atoms with van der Waals surface area (Å²) in [7, 11) is 0. The van der Waals surface area contributed by atoms with Crippen molar-refractivity contribution < 1.29 is 24.6 Å². The fourth-order valence-electron chi connectivity index (χ4n) is 0.983. The third-order valence-electron chi connectivity index (χ3n) is 1.97. The number of carbonyl (C=O) groups excluding carboxylic acids is 1. The van der Waals surface area contributed by atoms with Crippen LogP contribution in [0.25, 0.3) is 0 Å². The van der Waals surface area contributed by atoms with Gasteiger partial charge in [-0.3, -0.25) is 9.59 Å². The summed E-state index contributed by atoms with van der Waals surface area (Å²) in [5, 5.41) is 16.9. The first-order chi connectivity index (χ1) is 5.91. The first kappa shape index (κ1) is 11.6. The largest absolute Gasteiger partial charge is 0.481 e. The normalized spacial score (nSPS) is 14.6. The molecule has 0 bridgehead atoms. The molecule has 0 heterocycles. The van der Waals surface area contributed by atoms with E-state index in [1.54, 1.807) is 13.8 Å². The summed E-state index contributed by atoms with van der Waals surface area (Å²) in [5.74, 6) is -6.19. The minimum Gasteiger partial charge on any atom is -0.481 e. The third kappa shape index (κ3) is 2.85. The number of hydrogen-bond donors (Lipinski definition) is 2. The van der Waals surface area contributed by atoms with Crippen molar-refractivity contribution in [2.75, 3.05) is 0 Å². The number of hydrogen-bond acceptors (Lipinski definition) is 3. The summed E-state index contributed by atoms with van der Waals surface area (Å²) < 4.78 is 0. The molecule has 5 nitrogen and oxygen atoms in total. The Hall–Kier alpha value is -1.39. The molecule has 0 amide bonds. The van der Waals surface area contributed by atoms with Crippen LogP contribution in [0.15, 0.2) is 0 Å². The van der Waals surface area contributed by atoms with E-state index in [2.05, 4.69) is 0 Å². The molecule has 2 atom stereocenters. The molecule has 74 valence electrons. The van der Waals surface area contributed by atoms with Crippen LogP contribution in [-0.2, 0) is 14.4 Å². The second-order valence-electron chi connectivity index (χ2n) is 2.87. The van der Waals surface area contributed by atoms with Crippen LogP contribution in [-0.4, -0.2) is 27.9 Å². The predicted molar refractivity (Wildman–Crippen MR) is 43.2 cm³/mol. The third-order valence-corrected chi connectivity index (χ3v) is 1.97. The van der Waals surface area contributed by atoms with E-state index in [1.807, 2.05) is 0 Å². The molecule has 0 aliphatic rings. The topological polar surface area (TPSA) is 91.7 Å². The Morgan fingerprint density at radius 1 is 1.23 bits per heavy atom. The molecule has 0 saturated heterocycles. The lowest BCUT2D eigenvalue weighted by Gasteiger charge is -2.14. The van der Waals surface area contributed by atoms with E-state index in [-0.39, 0.29) is 0 Å². The van der Waals surface area contributed by atoms with Gasteiger partial charge in [0.2, 0.25) is 0 Å².